The maximum atomic E-state index is 10.8. The topological polar surface area (TPSA) is 73.1 Å². The molecule has 0 radical (unpaired) electrons. The smallest absolute Gasteiger partial charge is 0.209 e. The Labute approximate surface area is 107 Å². The highest BCUT2D eigenvalue weighted by Crippen LogP contribution is 2.23. The number of thioether (sulfide) groups is 1. The number of nitrogens with zero attached hydrogens (tertiary/aromatic N) is 1. The van der Waals surface area contributed by atoms with E-state index < -0.39 is 10.0 Å². The Bertz CT molecular complexity index is 461. The SMILES string of the molecule is CC(C)(C)c1ccc(SCCS(N)(=O)=O)nc1. The van der Waals surface area contributed by atoms with Crippen molar-refractivity contribution in [3.63, 3.8) is 0 Å². The lowest BCUT2D eigenvalue weighted by Crippen LogP contribution is -2.17. The third-order valence-corrected chi connectivity index (χ3v) is 4.20. The number of pyridine rings is 1. The molecule has 0 aliphatic rings. The zero-order valence-electron chi connectivity index (χ0n) is 10.3. The molecule has 0 amide bonds. The molecular weight excluding hydrogens is 256 g/mol. The Hall–Kier alpha value is -0.590. The maximum Gasteiger partial charge on any atom is 0.209 e. The van der Waals surface area contributed by atoms with Gasteiger partial charge in [0.05, 0.1) is 10.8 Å². The van der Waals surface area contributed by atoms with E-state index in [4.69, 9.17) is 5.14 Å². The van der Waals surface area contributed by atoms with Crippen molar-refractivity contribution in [2.24, 2.45) is 5.14 Å². The quantitative estimate of drug-likeness (QED) is 0.849. The largest absolute Gasteiger partial charge is 0.250 e. The predicted octanol–water partition coefficient (Wildman–Crippen LogP) is 1.76. The van der Waals surface area contributed by atoms with Gasteiger partial charge in [-0.1, -0.05) is 26.8 Å². The second kappa shape index (κ2) is 5.37. The predicted molar refractivity (Wildman–Crippen MR) is 71.6 cm³/mol. The molecule has 0 fully saturated rings. The lowest BCUT2D eigenvalue weighted by Gasteiger charge is -2.18. The molecule has 17 heavy (non-hydrogen) atoms. The molecule has 0 aliphatic carbocycles. The van der Waals surface area contributed by atoms with E-state index in [0.717, 1.165) is 10.6 Å². The number of sulfonamides is 1. The van der Waals surface area contributed by atoms with E-state index in [1.165, 1.54) is 11.8 Å². The monoisotopic (exact) mass is 274 g/mol. The van der Waals surface area contributed by atoms with Gasteiger partial charge in [-0.2, -0.15) is 0 Å². The lowest BCUT2D eigenvalue weighted by atomic mass is 9.88. The molecule has 1 aromatic heterocycles. The van der Waals surface area contributed by atoms with Crippen molar-refractivity contribution in [2.75, 3.05) is 11.5 Å². The molecule has 0 aromatic carbocycles. The lowest BCUT2D eigenvalue weighted by molar-refractivity contribution is 0.586. The van der Waals surface area contributed by atoms with Gasteiger partial charge in [0, 0.05) is 11.9 Å². The van der Waals surface area contributed by atoms with Gasteiger partial charge in [-0.3, -0.25) is 0 Å². The van der Waals surface area contributed by atoms with Crippen LogP contribution in [0.3, 0.4) is 0 Å². The standard InChI is InChI=1S/C11H18N2O2S2/c1-11(2,3)9-4-5-10(13-8-9)16-6-7-17(12,14)15/h4-5,8H,6-7H2,1-3H3,(H2,12,14,15). The molecule has 1 aromatic rings. The van der Waals surface area contributed by atoms with Gasteiger partial charge >= 0.3 is 0 Å². The Morgan fingerprint density at radius 2 is 2.00 bits per heavy atom. The fourth-order valence-electron chi connectivity index (χ4n) is 1.17. The van der Waals surface area contributed by atoms with E-state index in [-0.39, 0.29) is 11.2 Å². The molecule has 0 atom stereocenters. The summed E-state index contributed by atoms with van der Waals surface area (Å²) in [5.41, 5.74) is 1.24. The highest BCUT2D eigenvalue weighted by atomic mass is 32.2. The minimum absolute atomic E-state index is 0.0274. The average molecular weight is 274 g/mol. The molecule has 0 spiro atoms. The molecule has 0 aliphatic heterocycles. The van der Waals surface area contributed by atoms with Crippen LogP contribution >= 0.6 is 11.8 Å². The van der Waals surface area contributed by atoms with Crippen molar-refractivity contribution in [1.29, 1.82) is 0 Å². The number of nitrogens with two attached hydrogens (primary N) is 1. The summed E-state index contributed by atoms with van der Waals surface area (Å²) in [6.45, 7) is 6.37. The van der Waals surface area contributed by atoms with Crippen LogP contribution in [0.4, 0.5) is 0 Å². The third kappa shape index (κ3) is 5.52. The summed E-state index contributed by atoms with van der Waals surface area (Å²) in [6.07, 6.45) is 1.83. The minimum Gasteiger partial charge on any atom is -0.250 e. The van der Waals surface area contributed by atoms with Crippen LogP contribution in [0.25, 0.3) is 0 Å². The second-order valence-corrected chi connectivity index (χ2v) is 7.70. The van der Waals surface area contributed by atoms with Gasteiger partial charge in [-0.25, -0.2) is 18.5 Å². The molecule has 0 bridgehead atoms. The van der Waals surface area contributed by atoms with Gasteiger partial charge in [0.25, 0.3) is 0 Å². The van der Waals surface area contributed by atoms with Crippen LogP contribution in [-0.4, -0.2) is 24.9 Å². The first-order chi connectivity index (χ1) is 7.68. The number of aromatic nitrogens is 1. The van der Waals surface area contributed by atoms with Crippen LogP contribution in [0.5, 0.6) is 0 Å². The van der Waals surface area contributed by atoms with Crippen molar-refractivity contribution in [3.05, 3.63) is 23.9 Å². The fraction of sp³-hybridized carbons (Fsp3) is 0.545. The molecule has 6 heteroatoms. The van der Waals surface area contributed by atoms with E-state index in [9.17, 15) is 8.42 Å². The molecule has 1 heterocycles. The van der Waals surface area contributed by atoms with Gasteiger partial charge in [0.2, 0.25) is 10.0 Å². The average Bonchev–Trinajstić information content (AvgIpc) is 2.15. The summed E-state index contributed by atoms with van der Waals surface area (Å²) >= 11 is 1.40. The molecule has 4 nitrogen and oxygen atoms in total. The van der Waals surface area contributed by atoms with Gasteiger partial charge in [-0.05, 0) is 17.0 Å². The molecule has 1 rings (SSSR count). The summed E-state index contributed by atoms with van der Waals surface area (Å²) < 4.78 is 21.5. The molecule has 0 saturated heterocycles. The maximum absolute atomic E-state index is 10.8. The van der Waals surface area contributed by atoms with Gasteiger partial charge < -0.3 is 0 Å². The van der Waals surface area contributed by atoms with Crippen LogP contribution in [-0.2, 0) is 15.4 Å². The summed E-state index contributed by atoms with van der Waals surface area (Å²) in [7, 11) is -3.37. The van der Waals surface area contributed by atoms with E-state index in [2.05, 4.69) is 25.8 Å². The molecule has 2 N–H and O–H groups in total. The first-order valence-corrected chi connectivity index (χ1v) is 7.98. The van der Waals surface area contributed by atoms with Gasteiger partial charge in [0.1, 0.15) is 0 Å². The number of primary sulfonamides is 1. The van der Waals surface area contributed by atoms with Crippen LogP contribution < -0.4 is 5.14 Å². The van der Waals surface area contributed by atoms with Gasteiger partial charge in [0.15, 0.2) is 0 Å². The molecule has 96 valence electrons. The Kier molecular flexibility index (Phi) is 4.57. The number of hydrogen-bond donors (Lipinski definition) is 1. The van der Waals surface area contributed by atoms with Crippen LogP contribution in [0, 0.1) is 0 Å². The normalized spacial score (nSPS) is 12.7. The zero-order valence-corrected chi connectivity index (χ0v) is 11.9. The highest BCUT2D eigenvalue weighted by Gasteiger charge is 2.13. The summed E-state index contributed by atoms with van der Waals surface area (Å²) in [5.74, 6) is 0.404. The fourth-order valence-corrected chi connectivity index (χ4v) is 2.93. The van der Waals surface area contributed by atoms with E-state index in [1.54, 1.807) is 0 Å². The van der Waals surface area contributed by atoms with E-state index in [1.807, 2.05) is 18.3 Å². The molecular formula is C11H18N2O2S2. The highest BCUT2D eigenvalue weighted by molar-refractivity contribution is 8.00. The molecule has 0 saturated carbocycles. The first kappa shape index (κ1) is 14.5. The van der Waals surface area contributed by atoms with E-state index in [0.29, 0.717) is 5.75 Å². The van der Waals surface area contributed by atoms with Crippen LogP contribution in [0.15, 0.2) is 23.4 Å². The Morgan fingerprint density at radius 1 is 1.35 bits per heavy atom. The van der Waals surface area contributed by atoms with Crippen molar-refractivity contribution >= 4 is 21.8 Å². The summed E-state index contributed by atoms with van der Waals surface area (Å²) in [4.78, 5) is 4.29. The minimum atomic E-state index is -3.37. The van der Waals surface area contributed by atoms with Crippen molar-refractivity contribution in [1.82, 2.24) is 4.98 Å². The van der Waals surface area contributed by atoms with E-state index >= 15 is 0 Å². The van der Waals surface area contributed by atoms with Crippen molar-refractivity contribution in [2.45, 2.75) is 31.2 Å². The summed E-state index contributed by atoms with van der Waals surface area (Å²) in [5, 5.41) is 5.74. The molecule has 0 unspecified atom stereocenters. The second-order valence-electron chi connectivity index (χ2n) is 4.85. The van der Waals surface area contributed by atoms with Gasteiger partial charge in [-0.15, -0.1) is 11.8 Å². The zero-order chi connectivity index (χ0) is 13.1. The number of rotatable bonds is 4. The van der Waals surface area contributed by atoms with Crippen molar-refractivity contribution in [3.8, 4) is 0 Å². The summed E-state index contributed by atoms with van der Waals surface area (Å²) in [6, 6.07) is 3.93. The Morgan fingerprint density at radius 3 is 2.41 bits per heavy atom. The third-order valence-electron chi connectivity index (χ3n) is 2.22. The van der Waals surface area contributed by atoms with Crippen molar-refractivity contribution < 1.29 is 8.42 Å². The number of hydrogen-bond acceptors (Lipinski definition) is 4. The van der Waals surface area contributed by atoms with Crippen LogP contribution in [0.2, 0.25) is 0 Å². The first-order valence-electron chi connectivity index (χ1n) is 5.28. The van der Waals surface area contributed by atoms with Crippen LogP contribution in [0.1, 0.15) is 26.3 Å². The Balaban J connectivity index is 2.58.